The van der Waals surface area contributed by atoms with Crippen LogP contribution in [-0.4, -0.2) is 35.1 Å². The number of rotatable bonds is 4. The number of anilines is 1. The average Bonchev–Trinajstić information content (AvgIpc) is 3.21. The van der Waals surface area contributed by atoms with E-state index in [1.54, 1.807) is 18.5 Å². The molecule has 3 N–H and O–H groups in total. The third-order valence-electron chi connectivity index (χ3n) is 5.48. The fourth-order valence-corrected chi connectivity index (χ4v) is 3.96. The van der Waals surface area contributed by atoms with Gasteiger partial charge in [0.2, 0.25) is 5.95 Å². The minimum absolute atomic E-state index is 0.222. The van der Waals surface area contributed by atoms with Gasteiger partial charge in [0.1, 0.15) is 17.0 Å². The molecular formula is C23H23N7O. The Morgan fingerprint density at radius 1 is 1.00 bits per heavy atom. The molecule has 0 unspecified atom stereocenters. The number of nitrogen functional groups attached to an aromatic ring is 1. The van der Waals surface area contributed by atoms with E-state index in [0.29, 0.717) is 17.9 Å². The van der Waals surface area contributed by atoms with Gasteiger partial charge in [-0.15, -0.1) is 5.10 Å². The third-order valence-corrected chi connectivity index (χ3v) is 5.48. The quantitative estimate of drug-likeness (QED) is 0.528. The minimum atomic E-state index is -1.00. The maximum atomic E-state index is 10.2. The molecule has 3 heterocycles. The normalized spacial score (nSPS) is 13.0. The van der Waals surface area contributed by atoms with Crippen molar-refractivity contribution in [3.8, 4) is 22.6 Å². The lowest BCUT2D eigenvalue weighted by atomic mass is 9.88. The predicted octanol–water partition coefficient (Wildman–Crippen LogP) is 2.75. The predicted molar refractivity (Wildman–Crippen MR) is 117 cm³/mol. The van der Waals surface area contributed by atoms with Gasteiger partial charge in [0.25, 0.3) is 0 Å². The number of aryl methyl sites for hydroxylation is 1. The standard InChI is InChI=1S/C23H23N7O/c1-23(2,31)19-9-5-7-15(25-19)12-30-13-18(28-29-30)21-17-11-10-14-6-3-4-8-16(14)20(17)26-22(24)27-21/h3-9,13,31H,10-12H2,1-2H3,(H2,24,26,27). The molecule has 31 heavy (non-hydrogen) atoms. The Balaban J connectivity index is 1.50. The van der Waals surface area contributed by atoms with Crippen molar-refractivity contribution in [2.24, 2.45) is 0 Å². The second-order valence-corrected chi connectivity index (χ2v) is 8.29. The lowest BCUT2D eigenvalue weighted by Gasteiger charge is -2.20. The van der Waals surface area contributed by atoms with Crippen molar-refractivity contribution in [2.45, 2.75) is 38.8 Å². The SMILES string of the molecule is CC(C)(O)c1cccc(Cn2cc(-c3nc(N)nc4c3CCc3ccccc3-4)nn2)n1. The second-order valence-electron chi connectivity index (χ2n) is 8.29. The van der Waals surface area contributed by atoms with Crippen LogP contribution < -0.4 is 5.73 Å². The summed E-state index contributed by atoms with van der Waals surface area (Å²) in [6.45, 7) is 3.86. The van der Waals surface area contributed by atoms with Crippen LogP contribution >= 0.6 is 0 Å². The van der Waals surface area contributed by atoms with Crippen LogP contribution in [-0.2, 0) is 25.0 Å². The average molecular weight is 413 g/mol. The van der Waals surface area contributed by atoms with Gasteiger partial charge in [0, 0.05) is 11.1 Å². The summed E-state index contributed by atoms with van der Waals surface area (Å²) in [6, 6.07) is 13.8. The van der Waals surface area contributed by atoms with E-state index in [9.17, 15) is 5.11 Å². The number of aromatic nitrogens is 6. The van der Waals surface area contributed by atoms with E-state index < -0.39 is 5.60 Å². The number of aliphatic hydroxyl groups is 1. The molecule has 4 aromatic rings. The van der Waals surface area contributed by atoms with Crippen LogP contribution in [0.3, 0.4) is 0 Å². The lowest BCUT2D eigenvalue weighted by Crippen LogP contribution is -2.18. The largest absolute Gasteiger partial charge is 0.384 e. The maximum Gasteiger partial charge on any atom is 0.221 e. The maximum absolute atomic E-state index is 10.2. The Bertz CT molecular complexity index is 1270. The summed E-state index contributed by atoms with van der Waals surface area (Å²) in [5.41, 5.74) is 12.1. The smallest absolute Gasteiger partial charge is 0.221 e. The molecule has 0 saturated carbocycles. The van der Waals surface area contributed by atoms with Crippen molar-refractivity contribution in [1.29, 1.82) is 0 Å². The molecule has 3 aromatic heterocycles. The Labute approximate surface area is 179 Å². The second kappa shape index (κ2) is 7.24. The molecule has 0 amide bonds. The zero-order valence-corrected chi connectivity index (χ0v) is 17.4. The Morgan fingerprint density at radius 2 is 1.81 bits per heavy atom. The molecule has 0 bridgehead atoms. The van der Waals surface area contributed by atoms with Crippen molar-refractivity contribution < 1.29 is 5.11 Å². The van der Waals surface area contributed by atoms with E-state index in [0.717, 1.165) is 41.1 Å². The number of pyridine rings is 1. The fraction of sp³-hybridized carbons (Fsp3) is 0.261. The van der Waals surface area contributed by atoms with Crippen LogP contribution in [0.5, 0.6) is 0 Å². The third kappa shape index (κ3) is 3.66. The number of nitrogens with zero attached hydrogens (tertiary/aromatic N) is 6. The number of fused-ring (bicyclic) bond motifs is 3. The lowest BCUT2D eigenvalue weighted by molar-refractivity contribution is 0.0736. The summed E-state index contributed by atoms with van der Waals surface area (Å²) in [5, 5.41) is 18.8. The van der Waals surface area contributed by atoms with E-state index >= 15 is 0 Å². The van der Waals surface area contributed by atoms with Crippen LogP contribution in [0.4, 0.5) is 5.95 Å². The van der Waals surface area contributed by atoms with Crippen LogP contribution in [0.2, 0.25) is 0 Å². The van der Waals surface area contributed by atoms with Crippen molar-refractivity contribution in [3.63, 3.8) is 0 Å². The highest BCUT2D eigenvalue weighted by atomic mass is 16.3. The first kappa shape index (κ1) is 19.3. The zero-order chi connectivity index (χ0) is 21.6. The zero-order valence-electron chi connectivity index (χ0n) is 17.4. The monoisotopic (exact) mass is 413 g/mol. The van der Waals surface area contributed by atoms with Gasteiger partial charge in [-0.3, -0.25) is 4.98 Å². The van der Waals surface area contributed by atoms with Crippen LogP contribution in [0, 0.1) is 0 Å². The van der Waals surface area contributed by atoms with Crippen LogP contribution in [0.1, 0.15) is 36.4 Å². The molecule has 5 rings (SSSR count). The minimum Gasteiger partial charge on any atom is -0.384 e. The van der Waals surface area contributed by atoms with Crippen molar-refractivity contribution in [3.05, 3.63) is 71.2 Å². The Kier molecular flexibility index (Phi) is 4.51. The number of nitrogens with two attached hydrogens (primary N) is 1. The number of hydrogen-bond donors (Lipinski definition) is 2. The van der Waals surface area contributed by atoms with E-state index in [2.05, 4.69) is 37.4 Å². The van der Waals surface area contributed by atoms with Gasteiger partial charge >= 0.3 is 0 Å². The van der Waals surface area contributed by atoms with E-state index in [1.807, 2.05) is 36.5 Å². The highest BCUT2D eigenvalue weighted by molar-refractivity contribution is 5.76. The summed E-state index contributed by atoms with van der Waals surface area (Å²) in [6.07, 6.45) is 3.59. The Morgan fingerprint density at radius 3 is 2.65 bits per heavy atom. The molecule has 1 aliphatic rings. The number of hydrogen-bond acceptors (Lipinski definition) is 7. The summed E-state index contributed by atoms with van der Waals surface area (Å²) >= 11 is 0. The molecule has 1 aliphatic carbocycles. The van der Waals surface area contributed by atoms with Gasteiger partial charge in [-0.1, -0.05) is 35.5 Å². The summed E-state index contributed by atoms with van der Waals surface area (Å²) in [7, 11) is 0. The topological polar surface area (TPSA) is 116 Å². The fourth-order valence-electron chi connectivity index (χ4n) is 3.96. The first-order valence-corrected chi connectivity index (χ1v) is 10.2. The molecule has 1 aromatic carbocycles. The highest BCUT2D eigenvalue weighted by Crippen LogP contribution is 2.36. The summed E-state index contributed by atoms with van der Waals surface area (Å²) < 4.78 is 1.72. The molecule has 0 saturated heterocycles. The molecule has 8 heteroatoms. The molecule has 0 atom stereocenters. The van der Waals surface area contributed by atoms with E-state index in [1.165, 1.54) is 5.56 Å². The van der Waals surface area contributed by atoms with Gasteiger partial charge in [0.15, 0.2) is 0 Å². The van der Waals surface area contributed by atoms with Crippen molar-refractivity contribution in [2.75, 3.05) is 5.73 Å². The van der Waals surface area contributed by atoms with Gasteiger partial charge in [-0.25, -0.2) is 14.6 Å². The van der Waals surface area contributed by atoms with Gasteiger partial charge < -0.3 is 10.8 Å². The molecule has 0 radical (unpaired) electrons. The van der Waals surface area contributed by atoms with Crippen LogP contribution in [0.25, 0.3) is 22.6 Å². The molecular weight excluding hydrogens is 390 g/mol. The van der Waals surface area contributed by atoms with Crippen molar-refractivity contribution >= 4 is 5.95 Å². The van der Waals surface area contributed by atoms with Crippen molar-refractivity contribution in [1.82, 2.24) is 29.9 Å². The molecule has 8 nitrogen and oxygen atoms in total. The Hall–Kier alpha value is -3.65. The van der Waals surface area contributed by atoms with E-state index in [4.69, 9.17) is 5.73 Å². The summed E-state index contributed by atoms with van der Waals surface area (Å²) in [5.74, 6) is 0.222. The van der Waals surface area contributed by atoms with Gasteiger partial charge in [0.05, 0.1) is 29.8 Å². The van der Waals surface area contributed by atoms with Gasteiger partial charge in [-0.2, -0.15) is 0 Å². The highest BCUT2D eigenvalue weighted by Gasteiger charge is 2.24. The first-order valence-electron chi connectivity index (χ1n) is 10.2. The molecule has 0 spiro atoms. The molecule has 156 valence electrons. The summed E-state index contributed by atoms with van der Waals surface area (Å²) in [4.78, 5) is 13.6. The van der Waals surface area contributed by atoms with Gasteiger partial charge in [-0.05, 0) is 44.4 Å². The molecule has 0 fully saturated rings. The van der Waals surface area contributed by atoms with Crippen LogP contribution in [0.15, 0.2) is 48.7 Å². The number of benzene rings is 1. The van der Waals surface area contributed by atoms with E-state index in [-0.39, 0.29) is 5.95 Å². The first-order chi connectivity index (χ1) is 14.9. The molecule has 0 aliphatic heterocycles.